The number of carbonyl (C=O) groups excluding carboxylic acids is 1. The zero-order valence-corrected chi connectivity index (χ0v) is 16.0. The number of hydrogen-bond donors (Lipinski definition) is 1. The van der Waals surface area contributed by atoms with Crippen LogP contribution in [0.1, 0.15) is 53.1 Å². The van der Waals surface area contributed by atoms with E-state index in [1.807, 2.05) is 12.1 Å². The molecule has 136 valence electrons. The van der Waals surface area contributed by atoms with Crippen LogP contribution in [0.3, 0.4) is 0 Å². The smallest absolute Gasteiger partial charge is 0.254 e. The van der Waals surface area contributed by atoms with Crippen molar-refractivity contribution in [1.82, 2.24) is 10.3 Å². The minimum absolute atomic E-state index is 0.0821. The average molecular weight is 349 g/mol. The number of nitrogens with zero attached hydrogens (tertiary/aromatic N) is 2. The fraction of sp³-hybridized carbons (Fsp3) is 0.364. The Morgan fingerprint density at radius 1 is 1.12 bits per heavy atom. The molecule has 0 aliphatic carbocycles. The van der Waals surface area contributed by atoms with Crippen molar-refractivity contribution in [3.63, 3.8) is 0 Å². The Morgan fingerprint density at radius 2 is 1.69 bits per heavy atom. The molecule has 1 heterocycles. The number of hydrogen-bond acceptors (Lipinski definition) is 3. The van der Waals surface area contributed by atoms with Crippen molar-refractivity contribution < 1.29 is 4.79 Å². The van der Waals surface area contributed by atoms with Gasteiger partial charge in [0.15, 0.2) is 0 Å². The molecule has 26 heavy (non-hydrogen) atoms. The van der Waals surface area contributed by atoms with Gasteiger partial charge in [-0.1, -0.05) is 50.2 Å². The highest BCUT2D eigenvalue weighted by Gasteiger charge is 2.21. The third kappa shape index (κ3) is 4.38. The number of nitrogens with one attached hydrogen (secondary N) is 1. The highest BCUT2D eigenvalue weighted by Crippen LogP contribution is 2.25. The fourth-order valence-electron chi connectivity index (χ4n) is 3.26. The van der Waals surface area contributed by atoms with E-state index in [-0.39, 0.29) is 5.91 Å². The molecular weight excluding hydrogens is 322 g/mol. The summed E-state index contributed by atoms with van der Waals surface area (Å²) in [7, 11) is 0. The molecule has 0 saturated heterocycles. The van der Waals surface area contributed by atoms with Crippen molar-refractivity contribution in [2.24, 2.45) is 5.10 Å². The monoisotopic (exact) mass is 349 g/mol. The van der Waals surface area contributed by atoms with Crippen LogP contribution in [0.5, 0.6) is 0 Å². The minimum Gasteiger partial charge on any atom is -0.286 e. The first kappa shape index (κ1) is 18.3. The maximum absolute atomic E-state index is 12.2. The lowest BCUT2D eigenvalue weighted by molar-refractivity contribution is -0.122. The largest absolute Gasteiger partial charge is 0.286 e. The number of rotatable bonds is 5. The lowest BCUT2D eigenvalue weighted by Gasteiger charge is -2.12. The molecule has 0 saturated carbocycles. The molecule has 0 bridgehead atoms. The van der Waals surface area contributed by atoms with Crippen LogP contribution in [0, 0.1) is 13.8 Å². The van der Waals surface area contributed by atoms with E-state index < -0.39 is 0 Å². The number of aryl methyl sites for hydroxylation is 2. The molecule has 4 nitrogen and oxygen atoms in total. The molecule has 2 aromatic carbocycles. The molecular formula is C22H27N3O. The van der Waals surface area contributed by atoms with E-state index in [0.29, 0.717) is 12.5 Å². The van der Waals surface area contributed by atoms with Crippen LogP contribution in [0.2, 0.25) is 0 Å². The number of benzene rings is 2. The van der Waals surface area contributed by atoms with Crippen LogP contribution < -0.4 is 5.43 Å². The number of fused-ring (bicyclic) bond motifs is 1. The summed E-state index contributed by atoms with van der Waals surface area (Å²) in [5, 5.41) is 4.08. The number of amides is 1. The molecule has 1 aliphatic rings. The van der Waals surface area contributed by atoms with Gasteiger partial charge in [0.05, 0.1) is 12.8 Å². The van der Waals surface area contributed by atoms with Crippen molar-refractivity contribution in [1.29, 1.82) is 0 Å². The molecule has 0 aromatic heterocycles. The van der Waals surface area contributed by atoms with Gasteiger partial charge >= 0.3 is 0 Å². The average Bonchev–Trinajstić information content (AvgIpc) is 2.96. The number of hydrazone groups is 1. The van der Waals surface area contributed by atoms with E-state index in [4.69, 9.17) is 0 Å². The van der Waals surface area contributed by atoms with E-state index in [1.165, 1.54) is 27.8 Å². The Labute approximate surface area is 155 Å². The van der Waals surface area contributed by atoms with E-state index in [2.05, 4.69) is 67.4 Å². The fourth-order valence-corrected chi connectivity index (χ4v) is 3.26. The van der Waals surface area contributed by atoms with Crippen LogP contribution in [-0.4, -0.2) is 23.6 Å². The Kier molecular flexibility index (Phi) is 5.52. The third-order valence-corrected chi connectivity index (χ3v) is 4.98. The van der Waals surface area contributed by atoms with Gasteiger partial charge in [-0.2, -0.15) is 5.10 Å². The molecule has 0 fully saturated rings. The zero-order chi connectivity index (χ0) is 18.7. The molecule has 0 radical (unpaired) electrons. The first-order valence-electron chi connectivity index (χ1n) is 9.15. The lowest BCUT2D eigenvalue weighted by Crippen LogP contribution is -2.32. The van der Waals surface area contributed by atoms with Crippen LogP contribution in [0.25, 0.3) is 0 Å². The predicted octanol–water partition coefficient (Wildman–Crippen LogP) is 3.89. The van der Waals surface area contributed by atoms with Gasteiger partial charge in [-0.25, -0.2) is 5.43 Å². The Morgan fingerprint density at radius 3 is 2.23 bits per heavy atom. The first-order chi connectivity index (χ1) is 12.4. The normalized spacial score (nSPS) is 14.2. The van der Waals surface area contributed by atoms with Gasteiger partial charge < -0.3 is 0 Å². The third-order valence-electron chi connectivity index (χ3n) is 4.98. The van der Waals surface area contributed by atoms with Crippen molar-refractivity contribution in [2.75, 3.05) is 6.54 Å². The van der Waals surface area contributed by atoms with E-state index in [1.54, 1.807) is 6.21 Å². The van der Waals surface area contributed by atoms with Gasteiger partial charge in [-0.3, -0.25) is 9.69 Å². The van der Waals surface area contributed by atoms with Gasteiger partial charge in [0.2, 0.25) is 0 Å². The molecule has 0 atom stereocenters. The molecule has 3 rings (SSSR count). The minimum atomic E-state index is -0.0821. The second kappa shape index (κ2) is 7.83. The zero-order valence-electron chi connectivity index (χ0n) is 16.0. The van der Waals surface area contributed by atoms with Crippen molar-refractivity contribution in [3.8, 4) is 0 Å². The topological polar surface area (TPSA) is 44.7 Å². The summed E-state index contributed by atoms with van der Waals surface area (Å²) in [5.74, 6) is 0.430. The lowest BCUT2D eigenvalue weighted by atomic mass is 10.0. The van der Waals surface area contributed by atoms with Gasteiger partial charge in [-0.05, 0) is 53.1 Å². The first-order valence-corrected chi connectivity index (χ1v) is 9.15. The van der Waals surface area contributed by atoms with Crippen molar-refractivity contribution >= 4 is 12.1 Å². The van der Waals surface area contributed by atoms with E-state index in [9.17, 15) is 4.79 Å². The molecule has 1 aliphatic heterocycles. The van der Waals surface area contributed by atoms with Crippen molar-refractivity contribution in [3.05, 3.63) is 69.8 Å². The summed E-state index contributed by atoms with van der Waals surface area (Å²) < 4.78 is 0. The van der Waals surface area contributed by atoms with Gasteiger partial charge in [0.1, 0.15) is 0 Å². The van der Waals surface area contributed by atoms with E-state index in [0.717, 1.165) is 18.7 Å². The summed E-state index contributed by atoms with van der Waals surface area (Å²) >= 11 is 0. The molecule has 0 unspecified atom stereocenters. The second-order valence-corrected chi connectivity index (χ2v) is 7.46. The van der Waals surface area contributed by atoms with E-state index >= 15 is 0 Å². The van der Waals surface area contributed by atoms with Crippen LogP contribution in [0.4, 0.5) is 0 Å². The Bertz CT molecular complexity index is 791. The molecule has 1 amide bonds. The summed E-state index contributed by atoms with van der Waals surface area (Å²) in [6.07, 6.45) is 1.69. The standard InChI is InChI=1S/C22H27N3O/c1-15(2)19-7-5-18(6-8-19)11-23-24-22(26)14-25-12-20-9-16(3)17(4)10-21(20)13-25/h5-11,15H,12-14H2,1-4H3,(H,24,26)/b23-11-. The van der Waals surface area contributed by atoms with Crippen molar-refractivity contribution in [2.45, 2.75) is 46.7 Å². The van der Waals surface area contributed by atoms with Crippen LogP contribution >= 0.6 is 0 Å². The predicted molar refractivity (Wildman–Crippen MR) is 106 cm³/mol. The quantitative estimate of drug-likeness (QED) is 0.657. The molecule has 2 aromatic rings. The highest BCUT2D eigenvalue weighted by molar-refractivity contribution is 5.83. The van der Waals surface area contributed by atoms with Gasteiger partial charge in [0, 0.05) is 13.1 Å². The second-order valence-electron chi connectivity index (χ2n) is 7.46. The highest BCUT2D eigenvalue weighted by atomic mass is 16.2. The molecule has 0 spiro atoms. The maximum Gasteiger partial charge on any atom is 0.254 e. The summed E-state index contributed by atoms with van der Waals surface area (Å²) in [6.45, 7) is 10.6. The summed E-state index contributed by atoms with van der Waals surface area (Å²) in [4.78, 5) is 14.3. The van der Waals surface area contributed by atoms with Crippen LogP contribution in [-0.2, 0) is 17.9 Å². The van der Waals surface area contributed by atoms with Gasteiger partial charge in [0.25, 0.3) is 5.91 Å². The van der Waals surface area contributed by atoms with Gasteiger partial charge in [-0.15, -0.1) is 0 Å². The molecule has 4 heteroatoms. The molecule has 1 N–H and O–H groups in total. The van der Waals surface area contributed by atoms with Crippen LogP contribution in [0.15, 0.2) is 41.5 Å². The summed E-state index contributed by atoms with van der Waals surface area (Å²) in [6, 6.07) is 12.7. The number of carbonyl (C=O) groups is 1. The Balaban J connectivity index is 1.50. The SMILES string of the molecule is Cc1cc2c(cc1C)CN(CC(=O)N/N=C\c1ccc(C(C)C)cc1)C2. The summed E-state index contributed by atoms with van der Waals surface area (Å²) in [5.41, 5.74) is 10.2. The Hall–Kier alpha value is -2.46. The maximum atomic E-state index is 12.2.